The maximum Gasteiger partial charge on any atom is -0.00164 e. The molecule has 0 atom stereocenters. The van der Waals surface area contributed by atoms with Crippen molar-refractivity contribution in [2.24, 2.45) is 0 Å². The zero-order valence-electron chi connectivity index (χ0n) is 26.8. The summed E-state index contributed by atoms with van der Waals surface area (Å²) in [5.74, 6) is 0. The first-order valence-electron chi connectivity index (χ1n) is 17.0. The summed E-state index contributed by atoms with van der Waals surface area (Å²) in [6.07, 6.45) is 15.6. The molecule has 4 aromatic carbocycles. The third-order valence-corrected chi connectivity index (χ3v) is 17.4. The van der Waals surface area contributed by atoms with E-state index in [0.717, 1.165) is 22.6 Å². The molecular weight excluding hydrogens is 542 g/mol. The molecule has 0 spiro atoms. The first kappa shape index (κ1) is 30.3. The Bertz CT molecular complexity index is 1480. The summed E-state index contributed by atoms with van der Waals surface area (Å²) in [5, 5.41) is 7.57. The van der Waals surface area contributed by atoms with E-state index in [0.29, 0.717) is 0 Å². The molecule has 0 aromatic heterocycles. The molecule has 0 aliphatic heterocycles. The summed E-state index contributed by atoms with van der Waals surface area (Å²) < 4.78 is 0. The Kier molecular flexibility index (Phi) is 9.73. The van der Waals surface area contributed by atoms with Gasteiger partial charge in [-0.2, -0.15) is 0 Å². The topological polar surface area (TPSA) is 0 Å². The Balaban J connectivity index is 1.68. The van der Waals surface area contributed by atoms with Crippen LogP contribution in [-0.4, -0.2) is 22.6 Å². The molecule has 0 bridgehead atoms. The molecule has 0 amide bonds. The Hall–Kier alpha value is -1.74. The lowest BCUT2D eigenvalue weighted by Crippen LogP contribution is -2.28. The van der Waals surface area contributed by atoms with E-state index in [1.54, 1.807) is 27.6 Å². The van der Waals surface area contributed by atoms with Gasteiger partial charge in [-0.25, -0.2) is 0 Å². The van der Waals surface area contributed by atoms with Crippen LogP contribution in [0.15, 0.2) is 66.7 Å². The Morgan fingerprint density at radius 2 is 1.14 bits per heavy atom. The molecule has 0 heterocycles. The Morgan fingerprint density at radius 3 is 1.71 bits per heavy atom. The van der Waals surface area contributed by atoms with Gasteiger partial charge in [0.2, 0.25) is 0 Å². The van der Waals surface area contributed by atoms with Crippen molar-refractivity contribution >= 4 is 42.7 Å². The van der Waals surface area contributed by atoms with E-state index in [4.69, 9.17) is 0 Å². The largest absolute Gasteiger partial charge is 0.0969 e. The van der Waals surface area contributed by atoms with Crippen LogP contribution in [0.25, 0.3) is 32.7 Å². The van der Waals surface area contributed by atoms with Crippen molar-refractivity contribution in [3.63, 3.8) is 0 Å². The van der Waals surface area contributed by atoms with Crippen molar-refractivity contribution in [2.45, 2.75) is 128 Å². The number of hydrogen-bond donors (Lipinski definition) is 0. The lowest BCUT2D eigenvalue weighted by Gasteiger charge is -2.41. The van der Waals surface area contributed by atoms with Crippen molar-refractivity contribution in [1.29, 1.82) is 0 Å². The van der Waals surface area contributed by atoms with Crippen LogP contribution in [-0.2, 0) is 6.16 Å². The van der Waals surface area contributed by atoms with E-state index in [-0.39, 0.29) is 15.8 Å². The van der Waals surface area contributed by atoms with E-state index < -0.39 is 0 Å². The van der Waals surface area contributed by atoms with Crippen LogP contribution in [0.3, 0.4) is 0 Å². The molecular formula is C40H52P2. The number of hydrogen-bond acceptors (Lipinski definition) is 0. The monoisotopic (exact) mass is 594 g/mol. The predicted molar refractivity (Wildman–Crippen MR) is 193 cm³/mol. The molecule has 0 N–H and O–H groups in total. The highest BCUT2D eigenvalue weighted by Crippen LogP contribution is 2.59. The maximum atomic E-state index is 2.56. The van der Waals surface area contributed by atoms with Gasteiger partial charge in [-0.15, -0.1) is 0 Å². The van der Waals surface area contributed by atoms with Crippen LogP contribution >= 0.6 is 15.8 Å². The van der Waals surface area contributed by atoms with E-state index in [2.05, 4.69) is 101 Å². The zero-order chi connectivity index (χ0) is 29.2. The molecule has 2 fully saturated rings. The predicted octanol–water partition coefficient (Wildman–Crippen LogP) is 12.5. The van der Waals surface area contributed by atoms with Crippen LogP contribution in [0.1, 0.15) is 103 Å². The molecule has 2 saturated carbocycles. The fourth-order valence-electron chi connectivity index (χ4n) is 8.35. The van der Waals surface area contributed by atoms with Crippen LogP contribution in [0.4, 0.5) is 0 Å². The van der Waals surface area contributed by atoms with E-state index >= 15 is 0 Å². The molecule has 222 valence electrons. The summed E-state index contributed by atoms with van der Waals surface area (Å²) in [6, 6.07) is 26.2. The van der Waals surface area contributed by atoms with Gasteiger partial charge in [0.05, 0.1) is 0 Å². The van der Waals surface area contributed by atoms with Gasteiger partial charge in [0.15, 0.2) is 0 Å². The van der Waals surface area contributed by atoms with E-state index in [1.807, 2.05) is 0 Å². The fraction of sp³-hybridized carbons (Fsp3) is 0.500. The minimum Gasteiger partial charge on any atom is -0.0969 e. The van der Waals surface area contributed by atoms with Crippen molar-refractivity contribution in [3.05, 3.63) is 77.9 Å². The molecule has 42 heavy (non-hydrogen) atoms. The average Bonchev–Trinajstić information content (AvgIpc) is 3.01. The second-order valence-electron chi connectivity index (χ2n) is 13.8. The number of aryl methyl sites for hydroxylation is 1. The normalized spacial score (nSPS) is 17.5. The highest BCUT2D eigenvalue weighted by atomic mass is 31.1. The number of rotatable bonds is 8. The van der Waals surface area contributed by atoms with Crippen molar-refractivity contribution in [2.75, 3.05) is 0 Å². The summed E-state index contributed by atoms with van der Waals surface area (Å²) in [4.78, 5) is 0. The average molecular weight is 595 g/mol. The minimum atomic E-state index is -0.238. The quantitative estimate of drug-likeness (QED) is 0.178. The lowest BCUT2D eigenvalue weighted by atomic mass is 9.89. The number of benzene rings is 4. The second-order valence-corrected chi connectivity index (χ2v) is 19.9. The third kappa shape index (κ3) is 6.11. The molecule has 2 heteroatoms. The Labute approximate surface area is 258 Å². The van der Waals surface area contributed by atoms with Gasteiger partial charge in [0, 0.05) is 0 Å². The molecule has 0 nitrogen and oxygen atoms in total. The van der Waals surface area contributed by atoms with Crippen LogP contribution in [0.2, 0.25) is 0 Å². The number of fused-ring (bicyclic) bond motifs is 2. The van der Waals surface area contributed by atoms with Crippen LogP contribution < -0.4 is 5.30 Å². The van der Waals surface area contributed by atoms with Crippen LogP contribution in [0.5, 0.6) is 0 Å². The summed E-state index contributed by atoms with van der Waals surface area (Å²) in [7, 11) is -0.350. The molecule has 2 aliphatic rings. The van der Waals surface area contributed by atoms with Gasteiger partial charge < -0.3 is 0 Å². The Morgan fingerprint density at radius 1 is 0.619 bits per heavy atom. The molecule has 6 rings (SSSR count). The summed E-state index contributed by atoms with van der Waals surface area (Å²) in [5.41, 5.74) is 9.61. The fourth-order valence-corrected chi connectivity index (χ4v) is 15.1. The van der Waals surface area contributed by atoms with Gasteiger partial charge in [-0.05, 0) is 111 Å². The van der Waals surface area contributed by atoms with Crippen LogP contribution in [0, 0.1) is 6.92 Å². The van der Waals surface area contributed by atoms with Gasteiger partial charge >= 0.3 is 0 Å². The highest BCUT2D eigenvalue weighted by molar-refractivity contribution is 7.67. The van der Waals surface area contributed by atoms with Crippen molar-refractivity contribution < 1.29 is 0 Å². The first-order chi connectivity index (χ1) is 20.4. The summed E-state index contributed by atoms with van der Waals surface area (Å²) >= 11 is 0. The van der Waals surface area contributed by atoms with Gasteiger partial charge in [-0.1, -0.05) is 149 Å². The maximum absolute atomic E-state index is 2.56. The minimum absolute atomic E-state index is 0.112. The zero-order valence-corrected chi connectivity index (χ0v) is 28.6. The second kappa shape index (κ2) is 13.5. The van der Waals surface area contributed by atoms with Gasteiger partial charge in [0.1, 0.15) is 0 Å². The molecule has 4 aromatic rings. The smallest absolute Gasteiger partial charge is 0.00164 e. The third-order valence-electron chi connectivity index (χ3n) is 10.4. The molecule has 0 saturated heterocycles. The summed E-state index contributed by atoms with van der Waals surface area (Å²) in [6.45, 7) is 12.3. The standard InChI is InChI=1S/C40H52P2/c1-28(2)41(29(3)4)27-33-25-24-31-16-12-14-22-36(31)38(33)39-37-23-15-13-17-32(37)26-30(5)40(39)42(34-18-8-6-9-19-34)35-20-10-7-11-21-35/h12-17,22-26,28-29,34-35H,6-11,18-21,27H2,1-5H3. The molecule has 0 radical (unpaired) electrons. The van der Waals surface area contributed by atoms with Crippen molar-refractivity contribution in [3.8, 4) is 11.1 Å². The van der Waals surface area contributed by atoms with Gasteiger partial charge in [0.25, 0.3) is 0 Å². The molecule has 2 aliphatic carbocycles. The molecule has 0 unspecified atom stereocenters. The first-order valence-corrected chi connectivity index (χ1v) is 20.2. The van der Waals surface area contributed by atoms with E-state index in [9.17, 15) is 0 Å². The highest BCUT2D eigenvalue weighted by Gasteiger charge is 2.36. The van der Waals surface area contributed by atoms with E-state index in [1.165, 1.54) is 91.9 Å². The van der Waals surface area contributed by atoms with Crippen molar-refractivity contribution in [1.82, 2.24) is 0 Å². The lowest BCUT2D eigenvalue weighted by molar-refractivity contribution is 0.487. The van der Waals surface area contributed by atoms with Gasteiger partial charge in [-0.3, -0.25) is 0 Å². The SMILES string of the molecule is Cc1cc2ccccc2c(-c2c(CP(C(C)C)C(C)C)ccc3ccccc23)c1P(C1CCCCC1)C1CCCCC1.